The number of hydrogen-bond acceptors (Lipinski definition) is 2. The van der Waals surface area contributed by atoms with Gasteiger partial charge in [0.25, 0.3) is 0 Å². The first-order chi connectivity index (χ1) is 9.70. The average molecular weight is 272 g/mol. The van der Waals surface area contributed by atoms with E-state index in [0.717, 1.165) is 30.8 Å². The van der Waals surface area contributed by atoms with Crippen LogP contribution in [0.1, 0.15) is 31.2 Å². The normalized spacial score (nSPS) is 28.2. The molecule has 1 aromatic carbocycles. The number of likely N-dealkylation sites (N-methyl/N-ethyl adjacent to an activating group) is 1. The number of benzene rings is 1. The first kappa shape index (κ1) is 13.9. The zero-order chi connectivity index (χ0) is 13.9. The number of nitrogens with zero attached hydrogens (tertiary/aromatic N) is 1. The van der Waals surface area contributed by atoms with E-state index in [1.807, 2.05) is 0 Å². The zero-order valence-electron chi connectivity index (χ0n) is 12.9. The van der Waals surface area contributed by atoms with E-state index in [4.69, 9.17) is 0 Å². The lowest BCUT2D eigenvalue weighted by atomic mass is 9.88. The third-order valence-corrected chi connectivity index (χ3v) is 5.30. The molecular formula is C18H28N2. The second kappa shape index (κ2) is 6.17. The summed E-state index contributed by atoms with van der Waals surface area (Å²) >= 11 is 0. The van der Waals surface area contributed by atoms with E-state index in [1.165, 1.54) is 43.5 Å². The molecule has 2 saturated carbocycles. The molecule has 1 aromatic rings. The van der Waals surface area contributed by atoms with Crippen LogP contribution < -0.4 is 5.32 Å². The second-order valence-corrected chi connectivity index (χ2v) is 6.99. The van der Waals surface area contributed by atoms with Crippen LogP contribution >= 0.6 is 0 Å². The first-order valence-electron chi connectivity index (χ1n) is 8.20. The largest absolute Gasteiger partial charge is 0.384 e. The Morgan fingerprint density at radius 1 is 1.15 bits per heavy atom. The number of aryl methyl sites for hydroxylation is 1. The van der Waals surface area contributed by atoms with Crippen molar-refractivity contribution in [1.82, 2.24) is 4.90 Å². The Hall–Kier alpha value is -1.02. The standard InChI is InChI=1S/C18H28N2/c1-14-3-7-18(8-4-14)19-9-10-20(2)13-17-12-15-5-6-16(17)11-15/h3-4,7-8,15-17,19H,5-6,9-13H2,1-2H3. The minimum atomic E-state index is 0.984. The smallest absolute Gasteiger partial charge is 0.0340 e. The highest BCUT2D eigenvalue weighted by Gasteiger charge is 2.39. The molecule has 3 unspecified atom stereocenters. The van der Waals surface area contributed by atoms with Gasteiger partial charge in [0, 0.05) is 25.3 Å². The van der Waals surface area contributed by atoms with Crippen LogP contribution in [0.5, 0.6) is 0 Å². The van der Waals surface area contributed by atoms with Crippen molar-refractivity contribution in [2.75, 3.05) is 32.0 Å². The Morgan fingerprint density at radius 3 is 2.60 bits per heavy atom. The number of hydrogen-bond donors (Lipinski definition) is 1. The van der Waals surface area contributed by atoms with Gasteiger partial charge in [0.2, 0.25) is 0 Å². The van der Waals surface area contributed by atoms with Gasteiger partial charge in [-0.2, -0.15) is 0 Å². The minimum absolute atomic E-state index is 0.984. The van der Waals surface area contributed by atoms with Crippen LogP contribution in [0.25, 0.3) is 0 Å². The van der Waals surface area contributed by atoms with Crippen LogP contribution in [0.2, 0.25) is 0 Å². The molecule has 110 valence electrons. The van der Waals surface area contributed by atoms with Crippen molar-refractivity contribution in [3.05, 3.63) is 29.8 Å². The van der Waals surface area contributed by atoms with Crippen molar-refractivity contribution < 1.29 is 0 Å². The van der Waals surface area contributed by atoms with Gasteiger partial charge in [0.15, 0.2) is 0 Å². The molecule has 0 radical (unpaired) electrons. The Labute approximate surface area is 123 Å². The highest BCUT2D eigenvalue weighted by molar-refractivity contribution is 5.44. The summed E-state index contributed by atoms with van der Waals surface area (Å²) in [6.45, 7) is 5.62. The van der Waals surface area contributed by atoms with Crippen molar-refractivity contribution in [3.63, 3.8) is 0 Å². The molecule has 0 heterocycles. The predicted molar refractivity (Wildman–Crippen MR) is 86.1 cm³/mol. The maximum absolute atomic E-state index is 3.52. The molecule has 2 aliphatic rings. The Bertz CT molecular complexity index is 426. The van der Waals surface area contributed by atoms with Crippen LogP contribution in [0, 0.1) is 24.7 Å². The topological polar surface area (TPSA) is 15.3 Å². The lowest BCUT2D eigenvalue weighted by molar-refractivity contribution is 0.225. The van der Waals surface area contributed by atoms with Gasteiger partial charge in [0.05, 0.1) is 0 Å². The molecule has 0 spiro atoms. The minimum Gasteiger partial charge on any atom is -0.384 e. The average Bonchev–Trinajstić information content (AvgIpc) is 3.03. The van der Waals surface area contributed by atoms with Gasteiger partial charge < -0.3 is 10.2 Å². The molecule has 20 heavy (non-hydrogen) atoms. The fraction of sp³-hybridized carbons (Fsp3) is 0.667. The summed E-state index contributed by atoms with van der Waals surface area (Å²) in [5, 5.41) is 3.52. The van der Waals surface area contributed by atoms with E-state index in [0.29, 0.717) is 0 Å². The van der Waals surface area contributed by atoms with Crippen LogP contribution in [-0.4, -0.2) is 31.6 Å². The second-order valence-electron chi connectivity index (χ2n) is 6.99. The van der Waals surface area contributed by atoms with Gasteiger partial charge in [0.1, 0.15) is 0 Å². The fourth-order valence-electron chi connectivity index (χ4n) is 4.15. The molecule has 3 atom stereocenters. The quantitative estimate of drug-likeness (QED) is 0.848. The lowest BCUT2D eigenvalue weighted by Gasteiger charge is -2.27. The van der Waals surface area contributed by atoms with Crippen molar-refractivity contribution in [2.24, 2.45) is 17.8 Å². The van der Waals surface area contributed by atoms with Crippen LogP contribution in [0.15, 0.2) is 24.3 Å². The number of anilines is 1. The molecule has 0 aromatic heterocycles. The molecule has 1 N–H and O–H groups in total. The Kier molecular flexibility index (Phi) is 4.30. The third kappa shape index (κ3) is 3.35. The molecule has 2 fully saturated rings. The SMILES string of the molecule is Cc1ccc(NCCN(C)CC2CC3CCC2C3)cc1. The highest BCUT2D eigenvalue weighted by Crippen LogP contribution is 2.48. The predicted octanol–water partition coefficient (Wildman–Crippen LogP) is 3.77. The summed E-state index contributed by atoms with van der Waals surface area (Å²) in [7, 11) is 2.28. The Balaban J connectivity index is 1.37. The summed E-state index contributed by atoms with van der Waals surface area (Å²) in [6, 6.07) is 8.68. The van der Waals surface area contributed by atoms with Crippen molar-refractivity contribution in [2.45, 2.75) is 32.6 Å². The van der Waals surface area contributed by atoms with Gasteiger partial charge >= 0.3 is 0 Å². The molecule has 2 aliphatic carbocycles. The third-order valence-electron chi connectivity index (χ3n) is 5.30. The summed E-state index contributed by atoms with van der Waals surface area (Å²) in [5.74, 6) is 3.11. The van der Waals surface area contributed by atoms with E-state index in [9.17, 15) is 0 Å². The van der Waals surface area contributed by atoms with Crippen molar-refractivity contribution in [1.29, 1.82) is 0 Å². The molecule has 2 nitrogen and oxygen atoms in total. The molecule has 0 amide bonds. The lowest BCUT2D eigenvalue weighted by Crippen LogP contribution is -2.32. The summed E-state index contributed by atoms with van der Waals surface area (Å²) in [4.78, 5) is 2.52. The van der Waals surface area contributed by atoms with E-state index in [-0.39, 0.29) is 0 Å². The van der Waals surface area contributed by atoms with Crippen molar-refractivity contribution >= 4 is 5.69 Å². The monoisotopic (exact) mass is 272 g/mol. The highest BCUT2D eigenvalue weighted by atomic mass is 15.1. The molecule has 2 bridgehead atoms. The maximum Gasteiger partial charge on any atom is 0.0340 e. The number of rotatable bonds is 6. The summed E-state index contributed by atoms with van der Waals surface area (Å²) in [6.07, 6.45) is 6.05. The Morgan fingerprint density at radius 2 is 1.95 bits per heavy atom. The first-order valence-corrected chi connectivity index (χ1v) is 8.20. The van der Waals surface area contributed by atoms with Gasteiger partial charge in [-0.25, -0.2) is 0 Å². The summed E-state index contributed by atoms with van der Waals surface area (Å²) < 4.78 is 0. The van der Waals surface area contributed by atoms with Gasteiger partial charge in [-0.15, -0.1) is 0 Å². The van der Waals surface area contributed by atoms with Crippen LogP contribution in [-0.2, 0) is 0 Å². The van der Waals surface area contributed by atoms with Crippen LogP contribution in [0.4, 0.5) is 5.69 Å². The van der Waals surface area contributed by atoms with E-state index < -0.39 is 0 Å². The zero-order valence-corrected chi connectivity index (χ0v) is 12.9. The van der Waals surface area contributed by atoms with Gasteiger partial charge in [-0.3, -0.25) is 0 Å². The van der Waals surface area contributed by atoms with Crippen molar-refractivity contribution in [3.8, 4) is 0 Å². The molecular weight excluding hydrogens is 244 g/mol. The van der Waals surface area contributed by atoms with Gasteiger partial charge in [-0.1, -0.05) is 24.1 Å². The molecule has 2 heteroatoms. The summed E-state index contributed by atoms with van der Waals surface area (Å²) in [5.41, 5.74) is 2.56. The van der Waals surface area contributed by atoms with Crippen LogP contribution in [0.3, 0.4) is 0 Å². The van der Waals surface area contributed by atoms with E-state index in [1.54, 1.807) is 0 Å². The van der Waals surface area contributed by atoms with Gasteiger partial charge in [-0.05, 0) is 63.1 Å². The van der Waals surface area contributed by atoms with E-state index in [2.05, 4.69) is 48.5 Å². The maximum atomic E-state index is 3.52. The fourth-order valence-corrected chi connectivity index (χ4v) is 4.15. The molecule has 0 aliphatic heterocycles. The number of nitrogens with one attached hydrogen (secondary N) is 1. The molecule has 3 rings (SSSR count). The number of fused-ring (bicyclic) bond motifs is 2. The molecule has 0 saturated heterocycles. The van der Waals surface area contributed by atoms with E-state index >= 15 is 0 Å².